The lowest BCUT2D eigenvalue weighted by Gasteiger charge is -2.17. The van der Waals surface area contributed by atoms with Crippen LogP contribution in [0.4, 0.5) is 0 Å². The molecule has 1 heterocycles. The Bertz CT molecular complexity index is 574. The van der Waals surface area contributed by atoms with E-state index in [0.29, 0.717) is 19.0 Å². The van der Waals surface area contributed by atoms with Crippen molar-refractivity contribution in [2.75, 3.05) is 26.7 Å². The summed E-state index contributed by atoms with van der Waals surface area (Å²) in [7, 11) is 3.38. The van der Waals surface area contributed by atoms with Gasteiger partial charge in [0.2, 0.25) is 0 Å². The number of halogens is 2. The zero-order valence-electron chi connectivity index (χ0n) is 11.6. The molecule has 0 aliphatic heterocycles. The SMILES string of the molecule is COCC(Cn1c(CCCl)nc2cc(I)ccc21)OC. The van der Waals surface area contributed by atoms with Crippen LogP contribution >= 0.6 is 34.2 Å². The number of benzene rings is 1. The summed E-state index contributed by atoms with van der Waals surface area (Å²) in [4.78, 5) is 4.69. The van der Waals surface area contributed by atoms with E-state index in [9.17, 15) is 0 Å². The van der Waals surface area contributed by atoms with Gasteiger partial charge in [0, 0.05) is 30.1 Å². The van der Waals surface area contributed by atoms with Crippen molar-refractivity contribution in [1.82, 2.24) is 9.55 Å². The number of hydrogen-bond acceptors (Lipinski definition) is 3. The third-order valence-corrected chi connectivity index (χ3v) is 4.04. The number of alkyl halides is 1. The molecular formula is C14H18ClIN2O2. The van der Waals surface area contributed by atoms with Crippen LogP contribution in [0.25, 0.3) is 11.0 Å². The zero-order chi connectivity index (χ0) is 14.5. The molecule has 1 aromatic heterocycles. The van der Waals surface area contributed by atoms with Gasteiger partial charge in [-0.2, -0.15) is 0 Å². The highest BCUT2D eigenvalue weighted by molar-refractivity contribution is 14.1. The molecule has 110 valence electrons. The van der Waals surface area contributed by atoms with Crippen LogP contribution < -0.4 is 0 Å². The van der Waals surface area contributed by atoms with Gasteiger partial charge in [0.05, 0.1) is 30.3 Å². The van der Waals surface area contributed by atoms with Gasteiger partial charge in [0.1, 0.15) is 5.82 Å². The fraction of sp³-hybridized carbons (Fsp3) is 0.500. The molecule has 0 saturated carbocycles. The van der Waals surface area contributed by atoms with Crippen molar-refractivity contribution in [3.8, 4) is 0 Å². The number of aryl methyl sites for hydroxylation is 1. The van der Waals surface area contributed by atoms with Crippen LogP contribution in [0.15, 0.2) is 18.2 Å². The second kappa shape index (κ2) is 7.59. The van der Waals surface area contributed by atoms with E-state index in [1.54, 1.807) is 14.2 Å². The van der Waals surface area contributed by atoms with E-state index in [-0.39, 0.29) is 6.10 Å². The summed E-state index contributed by atoms with van der Waals surface area (Å²) < 4.78 is 14.0. The number of rotatable bonds is 7. The predicted octanol–water partition coefficient (Wildman–Crippen LogP) is 3.08. The van der Waals surface area contributed by atoms with E-state index in [2.05, 4.69) is 50.3 Å². The van der Waals surface area contributed by atoms with Crippen LogP contribution in [0.2, 0.25) is 0 Å². The van der Waals surface area contributed by atoms with Gasteiger partial charge < -0.3 is 14.0 Å². The Labute approximate surface area is 137 Å². The van der Waals surface area contributed by atoms with Crippen LogP contribution in [0.3, 0.4) is 0 Å². The van der Waals surface area contributed by atoms with E-state index in [0.717, 1.165) is 23.3 Å². The highest BCUT2D eigenvalue weighted by Crippen LogP contribution is 2.20. The molecule has 0 spiro atoms. The summed E-state index contributed by atoms with van der Waals surface area (Å²) in [5.41, 5.74) is 2.12. The molecule has 1 atom stereocenters. The van der Waals surface area contributed by atoms with Gasteiger partial charge in [-0.05, 0) is 40.8 Å². The first-order valence-electron chi connectivity index (χ1n) is 6.42. The van der Waals surface area contributed by atoms with Crippen LogP contribution in [0.1, 0.15) is 5.82 Å². The van der Waals surface area contributed by atoms with Crippen LogP contribution in [-0.4, -0.2) is 42.4 Å². The van der Waals surface area contributed by atoms with Crippen LogP contribution in [0.5, 0.6) is 0 Å². The quantitative estimate of drug-likeness (QED) is 0.522. The van der Waals surface area contributed by atoms with E-state index in [1.165, 1.54) is 3.57 Å². The summed E-state index contributed by atoms with van der Waals surface area (Å²) >= 11 is 8.18. The predicted molar refractivity (Wildman–Crippen MR) is 89.5 cm³/mol. The first-order valence-corrected chi connectivity index (χ1v) is 8.03. The second-order valence-corrected chi connectivity index (χ2v) is 6.15. The maximum atomic E-state index is 5.89. The molecular weight excluding hydrogens is 391 g/mol. The van der Waals surface area contributed by atoms with Gasteiger partial charge >= 0.3 is 0 Å². The Balaban J connectivity index is 2.39. The van der Waals surface area contributed by atoms with E-state index in [4.69, 9.17) is 21.1 Å². The zero-order valence-corrected chi connectivity index (χ0v) is 14.5. The Hall–Kier alpha value is -0.370. The normalized spacial score (nSPS) is 13.0. The molecule has 1 aromatic carbocycles. The second-order valence-electron chi connectivity index (χ2n) is 4.52. The summed E-state index contributed by atoms with van der Waals surface area (Å²) in [5.74, 6) is 1.55. The van der Waals surface area contributed by atoms with E-state index >= 15 is 0 Å². The lowest BCUT2D eigenvalue weighted by atomic mass is 10.3. The van der Waals surface area contributed by atoms with Crippen LogP contribution in [-0.2, 0) is 22.4 Å². The topological polar surface area (TPSA) is 36.3 Å². The molecule has 1 unspecified atom stereocenters. The summed E-state index contributed by atoms with van der Waals surface area (Å²) in [6, 6.07) is 6.27. The van der Waals surface area contributed by atoms with Gasteiger partial charge in [-0.1, -0.05) is 0 Å². The minimum atomic E-state index is 0.00533. The number of methoxy groups -OCH3 is 2. The molecule has 4 nitrogen and oxygen atoms in total. The Morgan fingerprint density at radius 3 is 2.85 bits per heavy atom. The fourth-order valence-corrected chi connectivity index (χ4v) is 2.86. The molecule has 2 aromatic rings. The minimum absolute atomic E-state index is 0.00533. The van der Waals surface area contributed by atoms with Crippen molar-refractivity contribution in [1.29, 1.82) is 0 Å². The number of imidazole rings is 1. The minimum Gasteiger partial charge on any atom is -0.382 e. The van der Waals surface area contributed by atoms with Crippen LogP contribution in [0, 0.1) is 3.57 Å². The lowest BCUT2D eigenvalue weighted by Crippen LogP contribution is -2.24. The number of aromatic nitrogens is 2. The third kappa shape index (κ3) is 3.63. The Morgan fingerprint density at radius 2 is 2.20 bits per heavy atom. The average molecular weight is 409 g/mol. The summed E-state index contributed by atoms with van der Waals surface area (Å²) in [6.45, 7) is 1.27. The molecule has 0 aliphatic rings. The van der Waals surface area contributed by atoms with Gasteiger partial charge in [-0.15, -0.1) is 11.6 Å². The third-order valence-electron chi connectivity index (χ3n) is 3.18. The molecule has 0 bridgehead atoms. The molecule has 0 amide bonds. The average Bonchev–Trinajstić information content (AvgIpc) is 2.75. The highest BCUT2D eigenvalue weighted by atomic mass is 127. The van der Waals surface area contributed by atoms with E-state index < -0.39 is 0 Å². The van der Waals surface area contributed by atoms with Crippen molar-refractivity contribution in [3.05, 3.63) is 27.6 Å². The highest BCUT2D eigenvalue weighted by Gasteiger charge is 2.15. The largest absolute Gasteiger partial charge is 0.382 e. The van der Waals surface area contributed by atoms with Gasteiger partial charge in [0.15, 0.2) is 0 Å². The molecule has 0 fully saturated rings. The van der Waals surface area contributed by atoms with Crippen molar-refractivity contribution in [2.24, 2.45) is 0 Å². The van der Waals surface area contributed by atoms with Gasteiger partial charge in [-0.25, -0.2) is 4.98 Å². The first kappa shape index (κ1) is 16.0. The summed E-state index contributed by atoms with van der Waals surface area (Å²) in [5, 5.41) is 0. The van der Waals surface area contributed by atoms with Gasteiger partial charge in [-0.3, -0.25) is 0 Å². The first-order chi connectivity index (χ1) is 9.69. The molecule has 0 saturated heterocycles. The van der Waals surface area contributed by atoms with Crippen molar-refractivity contribution in [2.45, 2.75) is 19.1 Å². The number of ether oxygens (including phenoxy) is 2. The Morgan fingerprint density at radius 1 is 1.40 bits per heavy atom. The Kier molecular flexibility index (Phi) is 6.07. The summed E-state index contributed by atoms with van der Waals surface area (Å²) in [6.07, 6.45) is 0.752. The molecule has 0 aliphatic carbocycles. The fourth-order valence-electron chi connectivity index (χ4n) is 2.22. The van der Waals surface area contributed by atoms with Crippen molar-refractivity contribution in [3.63, 3.8) is 0 Å². The maximum Gasteiger partial charge on any atom is 0.111 e. The van der Waals surface area contributed by atoms with Crippen molar-refractivity contribution < 1.29 is 9.47 Å². The molecule has 6 heteroatoms. The maximum absolute atomic E-state index is 5.89. The number of nitrogens with zero attached hydrogens (tertiary/aromatic N) is 2. The monoisotopic (exact) mass is 408 g/mol. The molecule has 20 heavy (non-hydrogen) atoms. The van der Waals surface area contributed by atoms with Gasteiger partial charge in [0.25, 0.3) is 0 Å². The number of hydrogen-bond donors (Lipinski definition) is 0. The lowest BCUT2D eigenvalue weighted by molar-refractivity contribution is 0.0186. The molecule has 0 N–H and O–H groups in total. The van der Waals surface area contributed by atoms with E-state index in [1.807, 2.05) is 0 Å². The smallest absolute Gasteiger partial charge is 0.111 e. The van der Waals surface area contributed by atoms with Crippen molar-refractivity contribution >= 4 is 45.2 Å². The molecule has 0 radical (unpaired) electrons. The molecule has 2 rings (SSSR count). The standard InChI is InChI=1S/C14H18ClIN2O2/c1-19-9-11(20-2)8-18-13-4-3-10(16)7-12(13)17-14(18)5-6-15/h3-4,7,11H,5-6,8-9H2,1-2H3. The number of fused-ring (bicyclic) bond motifs is 1.